The Bertz CT molecular complexity index is 1810. The molecule has 1 aliphatic heterocycles. The summed E-state index contributed by atoms with van der Waals surface area (Å²) in [7, 11) is -8.46. The highest BCUT2D eigenvalue weighted by Gasteiger charge is 2.51. The van der Waals surface area contributed by atoms with Crippen molar-refractivity contribution < 1.29 is 53.8 Å². The summed E-state index contributed by atoms with van der Waals surface area (Å²) in [5.41, 5.74) is -0.505. The minimum atomic E-state index is -4.84. The number of rotatable bonds is 12. The van der Waals surface area contributed by atoms with Crippen molar-refractivity contribution in [2.24, 2.45) is 0 Å². The van der Waals surface area contributed by atoms with Crippen molar-refractivity contribution in [3.63, 3.8) is 0 Å². The molecule has 15 heteroatoms. The van der Waals surface area contributed by atoms with E-state index >= 15 is 0 Å². The Labute approximate surface area is 289 Å². The molecule has 13 nitrogen and oxygen atoms in total. The molecular weight excluding hydrogens is 677 g/mol. The van der Waals surface area contributed by atoms with Gasteiger partial charge in [-0.1, -0.05) is 18.2 Å². The van der Waals surface area contributed by atoms with E-state index in [1.807, 2.05) is 0 Å². The minimum absolute atomic E-state index is 0.0569. The van der Waals surface area contributed by atoms with Crippen molar-refractivity contribution in [2.75, 3.05) is 33.4 Å². The summed E-state index contributed by atoms with van der Waals surface area (Å²) in [6, 6.07) is 9.34. The molecule has 0 spiro atoms. The van der Waals surface area contributed by atoms with E-state index < -0.39 is 57.2 Å². The van der Waals surface area contributed by atoms with Gasteiger partial charge in [0.15, 0.2) is 0 Å². The van der Waals surface area contributed by atoms with Crippen LogP contribution in [-0.2, 0) is 29.6 Å². The number of carbonyl (C=O) groups excluding carboxylic acids is 2. The molecule has 1 N–H and O–H groups in total. The van der Waals surface area contributed by atoms with Gasteiger partial charge in [0.2, 0.25) is 0 Å². The van der Waals surface area contributed by atoms with E-state index in [9.17, 15) is 26.4 Å². The highest BCUT2D eigenvalue weighted by Crippen LogP contribution is 2.34. The number of aryl methyl sites for hydroxylation is 1. The van der Waals surface area contributed by atoms with Crippen LogP contribution in [0.3, 0.4) is 0 Å². The zero-order valence-electron chi connectivity index (χ0n) is 29.3. The lowest BCUT2D eigenvalue weighted by molar-refractivity contribution is -0.709. The van der Waals surface area contributed by atoms with E-state index in [4.69, 9.17) is 23.5 Å². The van der Waals surface area contributed by atoms with Gasteiger partial charge in [-0.3, -0.25) is 4.90 Å². The topological polar surface area (TPSA) is 163 Å². The summed E-state index contributed by atoms with van der Waals surface area (Å²) in [6.07, 6.45) is 3.61. The highest BCUT2D eigenvalue weighted by atomic mass is 32.2. The Morgan fingerprint density at radius 2 is 1.53 bits per heavy atom. The molecule has 2 amide bonds. The second kappa shape index (κ2) is 15.3. The fraction of sp³-hybridized carbons (Fsp3) is 0.471. The molecule has 0 aromatic heterocycles. The van der Waals surface area contributed by atoms with Crippen LogP contribution in [0.5, 0.6) is 11.5 Å². The average Bonchev–Trinajstić information content (AvgIpc) is 2.98. The first-order chi connectivity index (χ1) is 22.6. The number of quaternary nitrogens is 1. The van der Waals surface area contributed by atoms with E-state index in [-0.39, 0.29) is 38.5 Å². The first-order valence-electron chi connectivity index (χ1n) is 15.7. The summed E-state index contributed by atoms with van der Waals surface area (Å²) in [6.45, 7) is 11.7. The van der Waals surface area contributed by atoms with Crippen molar-refractivity contribution >= 4 is 32.3 Å². The third-order valence-corrected chi connectivity index (χ3v) is 10.7. The molecular formula is C34H47N2O11S2+. The molecule has 0 saturated heterocycles. The number of nitrogens with zero attached hydrogens (tertiary/aromatic N) is 2. The van der Waals surface area contributed by atoms with Gasteiger partial charge in [-0.2, -0.15) is 21.6 Å². The number of aliphatic hydroxyl groups excluding tert-OH is 1. The molecule has 270 valence electrons. The molecule has 0 radical (unpaired) electrons. The van der Waals surface area contributed by atoms with Crippen molar-refractivity contribution in [1.29, 1.82) is 0 Å². The predicted octanol–water partition coefficient (Wildman–Crippen LogP) is 5.68. The number of ether oxygens (including phenoxy) is 3. The third kappa shape index (κ3) is 10.5. The molecule has 2 aromatic rings. The van der Waals surface area contributed by atoms with Crippen molar-refractivity contribution in [3.05, 3.63) is 72.0 Å². The van der Waals surface area contributed by atoms with Gasteiger partial charge in [-0.25, -0.2) is 4.79 Å². The summed E-state index contributed by atoms with van der Waals surface area (Å²) in [4.78, 5) is 26.2. The molecule has 0 aliphatic carbocycles. The van der Waals surface area contributed by atoms with Crippen molar-refractivity contribution in [2.45, 2.75) is 82.3 Å². The van der Waals surface area contributed by atoms with Gasteiger partial charge >= 0.3 is 32.3 Å². The second-order valence-electron chi connectivity index (χ2n) is 13.6. The van der Waals surface area contributed by atoms with E-state index in [2.05, 4.69) is 0 Å². The van der Waals surface area contributed by atoms with Crippen LogP contribution in [0.4, 0.5) is 9.59 Å². The number of sulfonamides is 1. The Hall–Kier alpha value is -3.92. The minimum Gasteiger partial charge on any atom is -0.493 e. The molecule has 1 unspecified atom stereocenters. The number of hydrogen-bond acceptors (Lipinski definition) is 11. The SMILES string of the molecule is Cc1cc(OCCCO)cc(OS(=O)(=O)c2ccccc2S(=O)(=O)[N+](C)(CCC2=CCN(C(=O)OC(C)(C)C)C=C2)C(=O)OC(C)(C)C)c1. The molecule has 1 atom stereocenters. The maximum Gasteiger partial charge on any atom is 0.532 e. The second-order valence-corrected chi connectivity index (χ2v) is 17.4. The Kier molecular flexibility index (Phi) is 12.4. The van der Waals surface area contributed by atoms with E-state index in [0.717, 1.165) is 19.2 Å². The van der Waals surface area contributed by atoms with Crippen molar-refractivity contribution in [1.82, 2.24) is 4.90 Å². The average molecular weight is 724 g/mol. The molecule has 1 heterocycles. The molecule has 0 fully saturated rings. The predicted molar refractivity (Wildman–Crippen MR) is 182 cm³/mol. The molecule has 2 aromatic carbocycles. The van der Waals surface area contributed by atoms with E-state index in [0.29, 0.717) is 23.3 Å². The van der Waals surface area contributed by atoms with Crippen LogP contribution < -0.4 is 8.92 Å². The van der Waals surface area contributed by atoms with Gasteiger partial charge in [-0.15, -0.1) is 3.89 Å². The molecule has 3 rings (SSSR count). The zero-order chi connectivity index (χ0) is 36.8. The van der Waals surface area contributed by atoms with Crippen LogP contribution in [0.1, 0.15) is 59.9 Å². The summed E-state index contributed by atoms with van der Waals surface area (Å²) in [5.74, 6) is 0.182. The third-order valence-electron chi connectivity index (χ3n) is 6.98. The summed E-state index contributed by atoms with van der Waals surface area (Å²) < 4.78 is 77.1. The molecule has 1 aliphatic rings. The lowest BCUT2D eigenvalue weighted by atomic mass is 10.1. The van der Waals surface area contributed by atoms with Gasteiger partial charge < -0.3 is 23.5 Å². The van der Waals surface area contributed by atoms with Crippen LogP contribution in [0.15, 0.2) is 76.2 Å². The molecule has 49 heavy (non-hydrogen) atoms. The van der Waals surface area contributed by atoms with Gasteiger partial charge in [0.05, 0.1) is 13.7 Å². The Balaban J connectivity index is 1.98. The van der Waals surface area contributed by atoms with E-state index in [1.54, 1.807) is 66.7 Å². The maximum atomic E-state index is 14.5. The molecule has 0 saturated carbocycles. The Morgan fingerprint density at radius 3 is 2.10 bits per heavy atom. The number of benzene rings is 2. The van der Waals surface area contributed by atoms with Crippen LogP contribution in [0.2, 0.25) is 0 Å². The van der Waals surface area contributed by atoms with Crippen LogP contribution in [0.25, 0.3) is 0 Å². The van der Waals surface area contributed by atoms with Crippen LogP contribution >= 0.6 is 0 Å². The molecule has 0 bridgehead atoms. The maximum absolute atomic E-state index is 14.5. The van der Waals surface area contributed by atoms with Crippen LogP contribution in [0, 0.1) is 6.92 Å². The number of allylic oxidation sites excluding steroid dienone is 1. The largest absolute Gasteiger partial charge is 0.532 e. The fourth-order valence-corrected chi connectivity index (χ4v) is 7.73. The zero-order valence-corrected chi connectivity index (χ0v) is 30.9. The normalized spacial score (nSPS) is 15.2. The van der Waals surface area contributed by atoms with Gasteiger partial charge in [-0.05, 0) is 89.9 Å². The number of amides is 2. The highest BCUT2D eigenvalue weighted by molar-refractivity contribution is 7.90. The lowest BCUT2D eigenvalue weighted by Gasteiger charge is -2.32. The number of hydrogen-bond donors (Lipinski definition) is 1. The summed E-state index contributed by atoms with van der Waals surface area (Å²) in [5, 5.41) is 9.04. The lowest BCUT2D eigenvalue weighted by Crippen LogP contribution is -2.56. The van der Waals surface area contributed by atoms with Gasteiger partial charge in [0.1, 0.15) is 39.0 Å². The Morgan fingerprint density at radius 1 is 0.918 bits per heavy atom. The van der Waals surface area contributed by atoms with Gasteiger partial charge in [0.25, 0.3) is 0 Å². The standard InChI is InChI=1S/C34H47N2O11S2/c1-25-22-27(44-21-11-20-37)24-28(23-25)47-49(42,43)30-13-10-9-12-29(30)48(40,41)36(8,32(39)46-34(5,6)7)19-16-26-14-17-35(18-15-26)31(38)45-33(2,3)4/h9-10,12-15,17,22-24,37H,11,16,18-21H2,1-8H3/q+1. The summed E-state index contributed by atoms with van der Waals surface area (Å²) >= 11 is 0. The number of aliphatic hydroxyl groups is 1. The van der Waals surface area contributed by atoms with Crippen molar-refractivity contribution in [3.8, 4) is 11.5 Å². The number of carbonyl (C=O) groups is 2. The monoisotopic (exact) mass is 723 g/mol. The first-order valence-corrected chi connectivity index (χ1v) is 18.5. The van der Waals surface area contributed by atoms with Crippen LogP contribution in [-0.4, -0.2) is 87.5 Å². The quantitative estimate of drug-likeness (QED) is 0.163. The fourth-order valence-electron chi connectivity index (χ4n) is 4.54. The first kappa shape index (κ1) is 39.5. The van der Waals surface area contributed by atoms with Gasteiger partial charge in [0, 0.05) is 38.3 Å². The smallest absolute Gasteiger partial charge is 0.493 e. The van der Waals surface area contributed by atoms with E-state index in [1.165, 1.54) is 35.4 Å².